The van der Waals surface area contributed by atoms with Crippen molar-refractivity contribution in [2.24, 2.45) is 0 Å². The molecule has 1 N–H and O–H groups in total. The van der Waals surface area contributed by atoms with E-state index in [1.54, 1.807) is 11.3 Å². The summed E-state index contributed by atoms with van der Waals surface area (Å²) < 4.78 is 5.33. The van der Waals surface area contributed by atoms with Gasteiger partial charge in [-0.3, -0.25) is 0 Å². The monoisotopic (exact) mass is 236 g/mol. The van der Waals surface area contributed by atoms with Crippen LogP contribution in [0.1, 0.15) is 15.4 Å². The van der Waals surface area contributed by atoms with Crippen molar-refractivity contribution in [2.75, 3.05) is 0 Å². The fourth-order valence-corrected chi connectivity index (χ4v) is 1.66. The Kier molecular flexibility index (Phi) is 3.11. The zero-order chi connectivity index (χ0) is 11.4. The highest BCUT2D eigenvalue weighted by molar-refractivity contribution is 7.09. The second-order valence-corrected chi connectivity index (χ2v) is 3.95. The van der Waals surface area contributed by atoms with Crippen molar-refractivity contribution in [2.45, 2.75) is 6.61 Å². The summed E-state index contributed by atoms with van der Waals surface area (Å²) in [5, 5.41) is 10.6. The van der Waals surface area contributed by atoms with Crippen molar-refractivity contribution in [1.82, 2.24) is 9.97 Å². The Hall–Kier alpha value is -1.95. The van der Waals surface area contributed by atoms with Gasteiger partial charge in [0.15, 0.2) is 5.69 Å². The first-order chi connectivity index (χ1) is 7.75. The van der Waals surface area contributed by atoms with Gasteiger partial charge in [0.1, 0.15) is 6.61 Å². The van der Waals surface area contributed by atoms with E-state index in [0.717, 1.165) is 4.88 Å². The van der Waals surface area contributed by atoms with Crippen molar-refractivity contribution < 1.29 is 14.6 Å². The molecule has 0 saturated heterocycles. The molecule has 5 nitrogen and oxygen atoms in total. The largest absolute Gasteiger partial charge is 0.476 e. The summed E-state index contributed by atoms with van der Waals surface area (Å²) in [6, 6.07) is 3.88. The molecule has 0 atom stereocenters. The van der Waals surface area contributed by atoms with E-state index in [2.05, 4.69) is 9.97 Å². The average molecular weight is 236 g/mol. The van der Waals surface area contributed by atoms with Gasteiger partial charge in [0.05, 0.1) is 12.4 Å². The first-order valence-electron chi connectivity index (χ1n) is 4.46. The number of aromatic carboxylic acids is 1. The third kappa shape index (κ3) is 2.54. The molecule has 2 aromatic rings. The van der Waals surface area contributed by atoms with Gasteiger partial charge in [0.2, 0.25) is 5.88 Å². The van der Waals surface area contributed by atoms with E-state index < -0.39 is 5.97 Å². The third-order valence-electron chi connectivity index (χ3n) is 1.79. The summed E-state index contributed by atoms with van der Waals surface area (Å²) in [7, 11) is 0. The number of rotatable bonds is 4. The molecule has 0 aromatic carbocycles. The molecular weight excluding hydrogens is 228 g/mol. The number of hydrogen-bond donors (Lipinski definition) is 1. The van der Waals surface area contributed by atoms with Crippen LogP contribution in [0.3, 0.4) is 0 Å². The van der Waals surface area contributed by atoms with E-state index in [-0.39, 0.29) is 5.69 Å². The molecule has 82 valence electrons. The predicted octanol–water partition coefficient (Wildman–Crippen LogP) is 1.82. The van der Waals surface area contributed by atoms with Gasteiger partial charge in [0, 0.05) is 4.88 Å². The number of carbonyl (C=O) groups is 1. The van der Waals surface area contributed by atoms with Gasteiger partial charge in [0.25, 0.3) is 0 Å². The normalized spacial score (nSPS) is 10.0. The number of hydrogen-bond acceptors (Lipinski definition) is 5. The second kappa shape index (κ2) is 4.71. The topological polar surface area (TPSA) is 72.3 Å². The van der Waals surface area contributed by atoms with Gasteiger partial charge >= 0.3 is 5.97 Å². The van der Waals surface area contributed by atoms with Gasteiger partial charge in [-0.1, -0.05) is 6.07 Å². The van der Waals surface area contributed by atoms with Crippen LogP contribution in [0.25, 0.3) is 0 Å². The Morgan fingerprint density at radius 3 is 2.88 bits per heavy atom. The van der Waals surface area contributed by atoms with Crippen molar-refractivity contribution in [3.8, 4) is 5.88 Å². The van der Waals surface area contributed by atoms with Gasteiger partial charge in [-0.05, 0) is 11.4 Å². The van der Waals surface area contributed by atoms with Gasteiger partial charge in [-0.2, -0.15) is 0 Å². The molecule has 6 heteroatoms. The molecule has 0 aliphatic carbocycles. The maximum atomic E-state index is 10.5. The number of thiophene rings is 1. The SMILES string of the molecule is O=C(O)c1cnc(OCc2cccs2)cn1. The quantitative estimate of drug-likeness (QED) is 0.876. The van der Waals surface area contributed by atoms with Crippen LogP contribution in [-0.2, 0) is 6.61 Å². The van der Waals surface area contributed by atoms with E-state index in [1.165, 1.54) is 12.4 Å². The molecule has 0 unspecified atom stereocenters. The minimum Gasteiger partial charge on any atom is -0.476 e. The highest BCUT2D eigenvalue weighted by atomic mass is 32.1. The van der Waals surface area contributed by atoms with Crippen LogP contribution in [0.2, 0.25) is 0 Å². The molecule has 0 aliphatic heterocycles. The molecule has 0 fully saturated rings. The van der Waals surface area contributed by atoms with Crippen LogP contribution in [0.4, 0.5) is 0 Å². The average Bonchev–Trinajstić information content (AvgIpc) is 2.80. The lowest BCUT2D eigenvalue weighted by Crippen LogP contribution is -2.02. The molecule has 0 radical (unpaired) electrons. The van der Waals surface area contributed by atoms with Gasteiger partial charge < -0.3 is 9.84 Å². The number of carboxylic acid groups (broad SMARTS) is 1. The number of carboxylic acids is 1. The van der Waals surface area contributed by atoms with E-state index >= 15 is 0 Å². The number of nitrogens with zero attached hydrogens (tertiary/aromatic N) is 2. The molecule has 0 aliphatic rings. The Morgan fingerprint density at radius 2 is 2.31 bits per heavy atom. The summed E-state index contributed by atoms with van der Waals surface area (Å²) >= 11 is 1.58. The van der Waals surface area contributed by atoms with Crippen LogP contribution in [0.5, 0.6) is 5.88 Å². The number of ether oxygens (including phenoxy) is 1. The van der Waals surface area contributed by atoms with Crippen LogP contribution in [-0.4, -0.2) is 21.0 Å². The van der Waals surface area contributed by atoms with E-state index in [0.29, 0.717) is 12.5 Å². The Bertz CT molecular complexity index is 467. The Labute approximate surface area is 95.4 Å². The summed E-state index contributed by atoms with van der Waals surface area (Å²) in [5.74, 6) is -0.782. The Balaban J connectivity index is 1.98. The van der Waals surface area contributed by atoms with E-state index in [9.17, 15) is 4.79 Å². The minimum absolute atomic E-state index is 0.0940. The maximum absolute atomic E-state index is 10.5. The first kappa shape index (κ1) is 10.6. The fraction of sp³-hybridized carbons (Fsp3) is 0.100. The summed E-state index contributed by atoms with van der Waals surface area (Å²) in [6.45, 7) is 0.415. The lowest BCUT2D eigenvalue weighted by molar-refractivity contribution is 0.0689. The lowest BCUT2D eigenvalue weighted by atomic mass is 10.4. The molecule has 16 heavy (non-hydrogen) atoms. The molecule has 0 amide bonds. The third-order valence-corrected chi connectivity index (χ3v) is 2.64. The van der Waals surface area contributed by atoms with Crippen LogP contribution in [0, 0.1) is 0 Å². The highest BCUT2D eigenvalue weighted by Gasteiger charge is 2.05. The standard InChI is InChI=1S/C10H8N2O3S/c13-10(14)8-4-12-9(5-11-8)15-6-7-2-1-3-16-7/h1-5H,6H2,(H,13,14). The first-order valence-corrected chi connectivity index (χ1v) is 5.34. The lowest BCUT2D eigenvalue weighted by Gasteiger charge is -2.02. The van der Waals surface area contributed by atoms with Crippen molar-refractivity contribution in [1.29, 1.82) is 0 Å². The second-order valence-electron chi connectivity index (χ2n) is 2.91. The van der Waals surface area contributed by atoms with Crippen LogP contribution in [0.15, 0.2) is 29.9 Å². The van der Waals surface area contributed by atoms with Gasteiger partial charge in [-0.25, -0.2) is 14.8 Å². The minimum atomic E-state index is -1.10. The van der Waals surface area contributed by atoms with Crippen molar-refractivity contribution in [3.63, 3.8) is 0 Å². The molecule has 0 bridgehead atoms. The highest BCUT2D eigenvalue weighted by Crippen LogP contribution is 2.12. The molecular formula is C10H8N2O3S. The van der Waals surface area contributed by atoms with E-state index in [4.69, 9.17) is 9.84 Å². The molecule has 2 aromatic heterocycles. The molecule has 2 rings (SSSR count). The summed E-state index contributed by atoms with van der Waals surface area (Å²) in [5.41, 5.74) is -0.0940. The fourth-order valence-electron chi connectivity index (χ4n) is 1.04. The zero-order valence-corrected chi connectivity index (χ0v) is 8.98. The van der Waals surface area contributed by atoms with Crippen LogP contribution >= 0.6 is 11.3 Å². The Morgan fingerprint density at radius 1 is 1.44 bits per heavy atom. The molecule has 2 heterocycles. The molecule has 0 spiro atoms. The summed E-state index contributed by atoms with van der Waals surface area (Å²) in [6.07, 6.45) is 2.48. The van der Waals surface area contributed by atoms with Gasteiger partial charge in [-0.15, -0.1) is 11.3 Å². The maximum Gasteiger partial charge on any atom is 0.356 e. The smallest absolute Gasteiger partial charge is 0.356 e. The van der Waals surface area contributed by atoms with Crippen LogP contribution < -0.4 is 4.74 Å². The number of aromatic nitrogens is 2. The zero-order valence-electron chi connectivity index (χ0n) is 8.16. The summed E-state index contributed by atoms with van der Waals surface area (Å²) in [4.78, 5) is 19.1. The van der Waals surface area contributed by atoms with Crippen molar-refractivity contribution >= 4 is 17.3 Å². The van der Waals surface area contributed by atoms with Crippen molar-refractivity contribution in [3.05, 3.63) is 40.5 Å². The predicted molar refractivity (Wildman–Crippen MR) is 57.6 cm³/mol. The van der Waals surface area contributed by atoms with E-state index in [1.807, 2.05) is 17.5 Å². The molecule has 0 saturated carbocycles.